The largest absolute Gasteiger partial charge is 0.366 e. The van der Waals surface area contributed by atoms with Crippen LogP contribution in [0.5, 0.6) is 0 Å². The molecule has 0 aliphatic carbocycles. The summed E-state index contributed by atoms with van der Waals surface area (Å²) in [5, 5.41) is 2.88. The molecule has 2 aliphatic rings. The molecular weight excluding hydrogens is 286 g/mol. The van der Waals surface area contributed by atoms with Gasteiger partial charge in [0.1, 0.15) is 6.61 Å². The number of rotatable bonds is 2. The smallest absolute Gasteiger partial charge is 0.257 e. The Morgan fingerprint density at radius 2 is 2.14 bits per heavy atom. The fraction of sp³-hybridized carbons (Fsp3) is 0.571. The number of amides is 2. The lowest BCUT2D eigenvalue weighted by atomic mass is 10.00. The molecule has 3 rings (SSSR count). The van der Waals surface area contributed by atoms with Crippen LogP contribution < -0.4 is 10.2 Å². The minimum absolute atomic E-state index is 0.00545. The van der Waals surface area contributed by atoms with Crippen LogP contribution in [-0.2, 0) is 9.53 Å². The van der Waals surface area contributed by atoms with Crippen molar-refractivity contribution in [3.63, 3.8) is 0 Å². The average Bonchev–Trinajstić information content (AvgIpc) is 2.53. The number of carbonyl (C=O) groups excluding carboxylic acids is 2. The zero-order valence-electron chi connectivity index (χ0n) is 12.7. The first-order chi connectivity index (χ1) is 10.5. The molecule has 0 radical (unpaired) electrons. The van der Waals surface area contributed by atoms with Crippen molar-refractivity contribution >= 4 is 17.8 Å². The molecule has 1 aromatic heterocycles. The molecule has 2 aliphatic heterocycles. The molecule has 0 bridgehead atoms. The van der Waals surface area contributed by atoms with E-state index < -0.39 is 0 Å². The number of aromatic nitrogens is 2. The third-order valence-corrected chi connectivity index (χ3v) is 3.90. The maximum Gasteiger partial charge on any atom is 0.257 e. The van der Waals surface area contributed by atoms with Gasteiger partial charge in [0.25, 0.3) is 5.91 Å². The fourth-order valence-corrected chi connectivity index (χ4v) is 2.73. The molecule has 2 saturated heterocycles. The summed E-state index contributed by atoms with van der Waals surface area (Å²) in [7, 11) is 3.68. The maximum absolute atomic E-state index is 12.5. The molecule has 2 atom stereocenters. The van der Waals surface area contributed by atoms with Gasteiger partial charge in [-0.15, -0.1) is 0 Å². The van der Waals surface area contributed by atoms with Gasteiger partial charge in [0.2, 0.25) is 11.9 Å². The second-order valence-corrected chi connectivity index (χ2v) is 5.73. The van der Waals surface area contributed by atoms with Crippen molar-refractivity contribution in [2.24, 2.45) is 0 Å². The van der Waals surface area contributed by atoms with Crippen LogP contribution >= 0.6 is 0 Å². The Hall–Kier alpha value is -2.22. The Labute approximate surface area is 128 Å². The number of hydrogen-bond donors (Lipinski definition) is 1. The van der Waals surface area contributed by atoms with Gasteiger partial charge in [-0.25, -0.2) is 9.97 Å². The zero-order valence-corrected chi connectivity index (χ0v) is 12.7. The van der Waals surface area contributed by atoms with Crippen LogP contribution in [0.1, 0.15) is 16.8 Å². The highest BCUT2D eigenvalue weighted by Crippen LogP contribution is 2.19. The lowest BCUT2D eigenvalue weighted by Crippen LogP contribution is -2.61. The van der Waals surface area contributed by atoms with Gasteiger partial charge in [0.05, 0.1) is 17.7 Å². The van der Waals surface area contributed by atoms with E-state index in [1.54, 1.807) is 9.80 Å². The SMILES string of the molecule is CN(C)c1ncc(C(=O)N2CC[C@H]3OCC(=O)N[C@H]3C2)cn1. The molecule has 1 aromatic rings. The van der Waals surface area contributed by atoms with Crippen molar-refractivity contribution in [3.8, 4) is 0 Å². The van der Waals surface area contributed by atoms with Gasteiger partial charge in [-0.1, -0.05) is 0 Å². The summed E-state index contributed by atoms with van der Waals surface area (Å²) < 4.78 is 5.49. The second kappa shape index (κ2) is 5.88. The Kier molecular flexibility index (Phi) is 3.93. The highest BCUT2D eigenvalue weighted by Gasteiger charge is 2.36. The van der Waals surface area contributed by atoms with Gasteiger partial charge in [-0.3, -0.25) is 9.59 Å². The summed E-state index contributed by atoms with van der Waals surface area (Å²) in [6.45, 7) is 1.16. The van der Waals surface area contributed by atoms with Gasteiger partial charge >= 0.3 is 0 Å². The van der Waals surface area contributed by atoms with E-state index in [9.17, 15) is 9.59 Å². The van der Waals surface area contributed by atoms with E-state index in [1.807, 2.05) is 14.1 Å². The van der Waals surface area contributed by atoms with E-state index in [0.717, 1.165) is 0 Å². The van der Waals surface area contributed by atoms with Crippen LogP contribution in [-0.4, -0.2) is 72.6 Å². The number of likely N-dealkylation sites (tertiary alicyclic amines) is 1. The first-order valence-electron chi connectivity index (χ1n) is 7.24. The first-order valence-corrected chi connectivity index (χ1v) is 7.24. The van der Waals surface area contributed by atoms with E-state index in [4.69, 9.17) is 4.74 Å². The Morgan fingerprint density at radius 3 is 2.82 bits per heavy atom. The van der Waals surface area contributed by atoms with Gasteiger partial charge < -0.3 is 19.9 Å². The van der Waals surface area contributed by atoms with Crippen LogP contribution in [0.2, 0.25) is 0 Å². The molecule has 8 nitrogen and oxygen atoms in total. The van der Waals surface area contributed by atoms with Crippen molar-refractivity contribution in [1.29, 1.82) is 0 Å². The Balaban J connectivity index is 1.68. The van der Waals surface area contributed by atoms with Crippen LogP contribution in [0.25, 0.3) is 0 Å². The van der Waals surface area contributed by atoms with Crippen molar-refractivity contribution in [2.75, 3.05) is 38.7 Å². The molecule has 0 aromatic carbocycles. The third kappa shape index (κ3) is 2.87. The number of nitrogens with zero attached hydrogens (tertiary/aromatic N) is 4. The number of piperidine rings is 1. The predicted molar refractivity (Wildman–Crippen MR) is 78.6 cm³/mol. The lowest BCUT2D eigenvalue weighted by molar-refractivity contribution is -0.139. The molecule has 3 heterocycles. The highest BCUT2D eigenvalue weighted by molar-refractivity contribution is 5.94. The molecule has 1 N–H and O–H groups in total. The van der Waals surface area contributed by atoms with Gasteiger partial charge in [-0.2, -0.15) is 0 Å². The normalized spacial score (nSPS) is 24.5. The highest BCUT2D eigenvalue weighted by atomic mass is 16.5. The molecule has 2 amide bonds. The molecule has 22 heavy (non-hydrogen) atoms. The van der Waals surface area contributed by atoms with Crippen molar-refractivity contribution < 1.29 is 14.3 Å². The number of ether oxygens (including phenoxy) is 1. The molecular formula is C14H19N5O3. The average molecular weight is 305 g/mol. The van der Waals surface area contributed by atoms with Crippen LogP contribution in [0.4, 0.5) is 5.95 Å². The van der Waals surface area contributed by atoms with E-state index in [1.165, 1.54) is 12.4 Å². The molecule has 0 spiro atoms. The van der Waals surface area contributed by atoms with E-state index in [2.05, 4.69) is 15.3 Å². The minimum atomic E-state index is -0.138. The summed E-state index contributed by atoms with van der Waals surface area (Å²) in [6, 6.07) is -0.138. The fourth-order valence-electron chi connectivity index (χ4n) is 2.73. The van der Waals surface area contributed by atoms with E-state index in [-0.39, 0.29) is 30.6 Å². The second-order valence-electron chi connectivity index (χ2n) is 5.73. The Bertz CT molecular complexity index is 574. The summed E-state index contributed by atoms with van der Waals surface area (Å²) in [5.41, 5.74) is 0.451. The molecule has 118 valence electrons. The first kappa shape index (κ1) is 14.7. The quantitative estimate of drug-likeness (QED) is 0.775. The van der Waals surface area contributed by atoms with Crippen LogP contribution in [0.15, 0.2) is 12.4 Å². The molecule has 0 saturated carbocycles. The summed E-state index contributed by atoms with van der Waals surface area (Å²) >= 11 is 0. The number of anilines is 1. The number of fused-ring (bicyclic) bond motifs is 1. The topological polar surface area (TPSA) is 87.7 Å². The van der Waals surface area contributed by atoms with Gasteiger partial charge in [0, 0.05) is 39.6 Å². The number of morpholine rings is 1. The number of hydrogen-bond acceptors (Lipinski definition) is 6. The summed E-state index contributed by atoms with van der Waals surface area (Å²) in [5.74, 6) is 0.306. The third-order valence-electron chi connectivity index (χ3n) is 3.90. The van der Waals surface area contributed by atoms with Gasteiger partial charge in [-0.05, 0) is 6.42 Å². The van der Waals surface area contributed by atoms with E-state index >= 15 is 0 Å². The maximum atomic E-state index is 12.5. The molecule has 0 unspecified atom stereocenters. The Morgan fingerprint density at radius 1 is 1.41 bits per heavy atom. The zero-order chi connectivity index (χ0) is 15.7. The number of nitrogens with one attached hydrogen (secondary N) is 1. The lowest BCUT2D eigenvalue weighted by Gasteiger charge is -2.41. The van der Waals surface area contributed by atoms with Crippen LogP contribution in [0, 0.1) is 0 Å². The van der Waals surface area contributed by atoms with Crippen molar-refractivity contribution in [2.45, 2.75) is 18.6 Å². The summed E-state index contributed by atoms with van der Waals surface area (Å²) in [4.78, 5) is 35.7. The molecule has 8 heteroatoms. The minimum Gasteiger partial charge on any atom is -0.366 e. The molecule has 2 fully saturated rings. The van der Waals surface area contributed by atoms with Gasteiger partial charge in [0.15, 0.2) is 0 Å². The van der Waals surface area contributed by atoms with Crippen molar-refractivity contribution in [1.82, 2.24) is 20.2 Å². The predicted octanol–water partition coefficient (Wildman–Crippen LogP) is -0.728. The van der Waals surface area contributed by atoms with Crippen LogP contribution in [0.3, 0.4) is 0 Å². The standard InChI is InChI=1S/C14H19N5O3/c1-18(2)14-15-5-9(6-16-14)13(21)19-4-3-11-10(7-19)17-12(20)8-22-11/h5-6,10-11H,3-4,7-8H2,1-2H3,(H,17,20)/t10-,11+/m0/s1. The van der Waals surface area contributed by atoms with Crippen molar-refractivity contribution in [3.05, 3.63) is 18.0 Å². The number of carbonyl (C=O) groups is 2. The van der Waals surface area contributed by atoms with E-state index in [0.29, 0.717) is 31.0 Å². The monoisotopic (exact) mass is 305 g/mol. The summed E-state index contributed by atoms with van der Waals surface area (Å²) in [6.07, 6.45) is 3.78.